The van der Waals surface area contributed by atoms with Gasteiger partial charge in [0.25, 0.3) is 0 Å². The van der Waals surface area contributed by atoms with Gasteiger partial charge in [0.2, 0.25) is 0 Å². The second-order valence-corrected chi connectivity index (χ2v) is 4.43. The molecule has 1 N–H and O–H groups in total. The number of aromatic nitrogens is 1. The van der Waals surface area contributed by atoms with Gasteiger partial charge in [-0.2, -0.15) is 0 Å². The topological polar surface area (TPSA) is 63.3 Å². The molecule has 0 aliphatic carbocycles. The Kier molecular flexibility index (Phi) is 3.59. The van der Waals surface area contributed by atoms with Gasteiger partial charge in [-0.15, -0.1) is 0 Å². The molecule has 0 bridgehead atoms. The quantitative estimate of drug-likeness (QED) is 0.929. The monoisotopic (exact) mass is 285 g/mol. The number of carboxylic acids is 1. The van der Waals surface area contributed by atoms with Crippen LogP contribution in [0, 0.1) is 0 Å². The number of hydrogen-bond acceptors (Lipinski definition) is 3. The summed E-state index contributed by atoms with van der Waals surface area (Å²) in [5, 5.41) is 13.7. The molecule has 0 amide bonds. The SMILES string of the molecule is CCc1onc(-c2ccc(Cl)c(Cl)c2)c1C(=O)O. The van der Waals surface area contributed by atoms with Crippen molar-refractivity contribution < 1.29 is 14.4 Å². The summed E-state index contributed by atoms with van der Waals surface area (Å²) < 4.78 is 5.02. The maximum Gasteiger partial charge on any atom is 0.341 e. The number of aryl methyl sites for hydroxylation is 1. The van der Waals surface area contributed by atoms with Crippen molar-refractivity contribution in [3.63, 3.8) is 0 Å². The molecule has 0 spiro atoms. The summed E-state index contributed by atoms with van der Waals surface area (Å²) in [6, 6.07) is 4.80. The first-order valence-electron chi connectivity index (χ1n) is 5.21. The summed E-state index contributed by atoms with van der Waals surface area (Å²) in [6.07, 6.45) is 0.454. The molecule has 0 fully saturated rings. The Labute approximate surface area is 113 Å². The lowest BCUT2D eigenvalue weighted by Gasteiger charge is -2.01. The molecule has 0 saturated carbocycles. The summed E-state index contributed by atoms with van der Waals surface area (Å²) in [5.74, 6) is -0.738. The van der Waals surface area contributed by atoms with Crippen LogP contribution in [0.25, 0.3) is 11.3 Å². The van der Waals surface area contributed by atoms with Crippen molar-refractivity contribution in [2.75, 3.05) is 0 Å². The van der Waals surface area contributed by atoms with Gasteiger partial charge >= 0.3 is 5.97 Å². The number of nitrogens with zero attached hydrogens (tertiary/aromatic N) is 1. The summed E-state index contributed by atoms with van der Waals surface area (Å²) in [4.78, 5) is 11.2. The normalized spacial score (nSPS) is 10.6. The van der Waals surface area contributed by atoms with Gasteiger partial charge in [0.15, 0.2) is 5.76 Å². The third-order valence-electron chi connectivity index (χ3n) is 2.49. The van der Waals surface area contributed by atoms with Crippen LogP contribution in [0.4, 0.5) is 0 Å². The molecule has 1 aromatic heterocycles. The molecule has 0 atom stereocenters. The average Bonchev–Trinajstić information content (AvgIpc) is 2.76. The van der Waals surface area contributed by atoms with Gasteiger partial charge in [-0.3, -0.25) is 0 Å². The van der Waals surface area contributed by atoms with Crippen molar-refractivity contribution in [2.24, 2.45) is 0 Å². The van der Waals surface area contributed by atoms with Crippen LogP contribution in [0.15, 0.2) is 22.7 Å². The van der Waals surface area contributed by atoms with Crippen molar-refractivity contribution in [3.8, 4) is 11.3 Å². The Morgan fingerprint density at radius 3 is 2.67 bits per heavy atom. The fraction of sp³-hybridized carbons (Fsp3) is 0.167. The largest absolute Gasteiger partial charge is 0.477 e. The Hall–Kier alpha value is -1.52. The van der Waals surface area contributed by atoms with E-state index in [-0.39, 0.29) is 11.3 Å². The van der Waals surface area contributed by atoms with Gasteiger partial charge in [0.05, 0.1) is 10.0 Å². The lowest BCUT2D eigenvalue weighted by atomic mass is 10.1. The molecule has 0 saturated heterocycles. The highest BCUT2D eigenvalue weighted by atomic mass is 35.5. The highest BCUT2D eigenvalue weighted by molar-refractivity contribution is 6.42. The van der Waals surface area contributed by atoms with Gasteiger partial charge in [-0.05, 0) is 12.1 Å². The number of hydrogen-bond donors (Lipinski definition) is 1. The van der Waals surface area contributed by atoms with E-state index in [4.69, 9.17) is 27.7 Å². The lowest BCUT2D eigenvalue weighted by Crippen LogP contribution is -2.00. The summed E-state index contributed by atoms with van der Waals surface area (Å²) in [5.41, 5.74) is 0.888. The zero-order valence-electron chi connectivity index (χ0n) is 9.41. The molecule has 4 nitrogen and oxygen atoms in total. The van der Waals surface area contributed by atoms with Crippen molar-refractivity contribution in [3.05, 3.63) is 39.6 Å². The standard InChI is InChI=1S/C12H9Cl2NO3/c1-2-9-10(12(16)17)11(15-18-9)6-3-4-7(13)8(14)5-6/h3-5H,2H2,1H3,(H,16,17). The van der Waals surface area contributed by atoms with Gasteiger partial charge in [-0.25, -0.2) is 4.79 Å². The predicted molar refractivity (Wildman–Crippen MR) is 68.3 cm³/mol. The first-order valence-corrected chi connectivity index (χ1v) is 5.97. The Bertz CT molecular complexity index is 607. The van der Waals surface area contributed by atoms with E-state index < -0.39 is 5.97 Å². The van der Waals surface area contributed by atoms with Gasteiger partial charge in [0.1, 0.15) is 11.3 Å². The van der Waals surface area contributed by atoms with Gasteiger partial charge < -0.3 is 9.63 Å². The molecule has 0 unspecified atom stereocenters. The minimum Gasteiger partial charge on any atom is -0.477 e. The highest BCUT2D eigenvalue weighted by Gasteiger charge is 2.22. The molecule has 0 radical (unpaired) electrons. The van der Waals surface area contributed by atoms with E-state index in [1.54, 1.807) is 25.1 Å². The van der Waals surface area contributed by atoms with Gasteiger partial charge in [-0.1, -0.05) is 41.3 Å². The maximum atomic E-state index is 11.2. The molecule has 0 aliphatic heterocycles. The minimum absolute atomic E-state index is 0.0656. The molecule has 1 heterocycles. The molecule has 1 aromatic carbocycles. The van der Waals surface area contributed by atoms with Crippen molar-refractivity contribution >= 4 is 29.2 Å². The van der Waals surface area contributed by atoms with Crippen LogP contribution < -0.4 is 0 Å². The Morgan fingerprint density at radius 1 is 1.39 bits per heavy atom. The number of aromatic carboxylic acids is 1. The van der Waals surface area contributed by atoms with Crippen LogP contribution in [-0.4, -0.2) is 16.2 Å². The van der Waals surface area contributed by atoms with Crippen LogP contribution in [0.3, 0.4) is 0 Å². The van der Waals surface area contributed by atoms with E-state index in [2.05, 4.69) is 5.16 Å². The maximum absolute atomic E-state index is 11.2. The van der Waals surface area contributed by atoms with Crippen LogP contribution in [-0.2, 0) is 6.42 Å². The van der Waals surface area contributed by atoms with E-state index in [1.165, 1.54) is 0 Å². The van der Waals surface area contributed by atoms with Crippen LogP contribution in [0.5, 0.6) is 0 Å². The van der Waals surface area contributed by atoms with E-state index in [0.717, 1.165) is 0 Å². The van der Waals surface area contributed by atoms with E-state index in [0.29, 0.717) is 27.8 Å². The minimum atomic E-state index is -1.07. The number of rotatable bonds is 3. The van der Waals surface area contributed by atoms with Crippen molar-refractivity contribution in [1.82, 2.24) is 5.16 Å². The van der Waals surface area contributed by atoms with E-state index in [9.17, 15) is 9.90 Å². The van der Waals surface area contributed by atoms with E-state index >= 15 is 0 Å². The highest BCUT2D eigenvalue weighted by Crippen LogP contribution is 2.31. The second-order valence-electron chi connectivity index (χ2n) is 3.62. The summed E-state index contributed by atoms with van der Waals surface area (Å²) in [7, 11) is 0. The molecule has 2 rings (SSSR count). The van der Waals surface area contributed by atoms with Crippen LogP contribution in [0.1, 0.15) is 23.0 Å². The van der Waals surface area contributed by atoms with E-state index in [1.807, 2.05) is 0 Å². The predicted octanol–water partition coefficient (Wildman–Crippen LogP) is 3.91. The number of carboxylic acid groups (broad SMARTS) is 1. The molecule has 0 aliphatic rings. The fourth-order valence-corrected chi connectivity index (χ4v) is 1.92. The molecule has 18 heavy (non-hydrogen) atoms. The third-order valence-corrected chi connectivity index (χ3v) is 3.23. The second kappa shape index (κ2) is 5.00. The molecule has 6 heteroatoms. The Balaban J connectivity index is 2.60. The van der Waals surface area contributed by atoms with Crippen LogP contribution in [0.2, 0.25) is 10.0 Å². The Morgan fingerprint density at radius 2 is 2.11 bits per heavy atom. The fourth-order valence-electron chi connectivity index (χ4n) is 1.63. The number of benzene rings is 1. The molecular formula is C12H9Cl2NO3. The molecule has 2 aromatic rings. The van der Waals surface area contributed by atoms with Crippen molar-refractivity contribution in [1.29, 1.82) is 0 Å². The lowest BCUT2D eigenvalue weighted by molar-refractivity contribution is 0.0695. The summed E-state index contributed by atoms with van der Waals surface area (Å²) >= 11 is 11.7. The number of carbonyl (C=O) groups is 1. The summed E-state index contributed by atoms with van der Waals surface area (Å²) in [6.45, 7) is 1.80. The smallest absolute Gasteiger partial charge is 0.341 e. The number of halogens is 2. The third kappa shape index (κ3) is 2.21. The molecular weight excluding hydrogens is 277 g/mol. The van der Waals surface area contributed by atoms with Gasteiger partial charge in [0, 0.05) is 12.0 Å². The zero-order chi connectivity index (χ0) is 13.3. The average molecular weight is 286 g/mol. The molecule has 94 valence electrons. The zero-order valence-corrected chi connectivity index (χ0v) is 10.9. The van der Waals surface area contributed by atoms with Crippen molar-refractivity contribution in [2.45, 2.75) is 13.3 Å². The van der Waals surface area contributed by atoms with Crippen LogP contribution >= 0.6 is 23.2 Å². The first kappa shape index (κ1) is 12.9. The first-order chi connectivity index (χ1) is 8.54.